The van der Waals surface area contributed by atoms with Crippen LogP contribution in [0, 0.1) is 20.8 Å². The predicted molar refractivity (Wildman–Crippen MR) is 112 cm³/mol. The number of ether oxygens (including phenoxy) is 1. The van der Waals surface area contributed by atoms with Gasteiger partial charge in [-0.05, 0) is 57.0 Å². The molecule has 0 radical (unpaired) electrons. The zero-order valence-corrected chi connectivity index (χ0v) is 17.2. The molecule has 0 aliphatic carbocycles. The van der Waals surface area contributed by atoms with E-state index in [0.717, 1.165) is 22.8 Å². The summed E-state index contributed by atoms with van der Waals surface area (Å²) < 4.78 is 10.6. The minimum atomic E-state index is -1.09. The number of amides is 1. The molecule has 6 nitrogen and oxygen atoms in total. The van der Waals surface area contributed by atoms with Crippen molar-refractivity contribution < 1.29 is 18.7 Å². The molecule has 1 amide bonds. The van der Waals surface area contributed by atoms with E-state index >= 15 is 0 Å². The van der Waals surface area contributed by atoms with Gasteiger partial charge >= 0.3 is 5.97 Å². The molecule has 1 aromatic heterocycles. The fourth-order valence-electron chi connectivity index (χ4n) is 3.10. The van der Waals surface area contributed by atoms with Crippen LogP contribution in [-0.2, 0) is 9.53 Å². The second kappa shape index (κ2) is 8.09. The first-order valence-corrected chi connectivity index (χ1v) is 9.36. The second-order valence-corrected chi connectivity index (χ2v) is 7.36. The Bertz CT molecular complexity index is 1160. The van der Waals surface area contributed by atoms with Crippen LogP contribution in [0.2, 0.25) is 5.02 Å². The molecule has 0 aliphatic rings. The molecule has 2 aromatic carbocycles. The minimum Gasteiger partial charge on any atom is -0.449 e. The predicted octanol–water partition coefficient (Wildman–Crippen LogP) is 4.56. The molecule has 1 heterocycles. The van der Waals surface area contributed by atoms with Crippen LogP contribution in [0.1, 0.15) is 34.2 Å². The number of halogens is 1. The zero-order valence-electron chi connectivity index (χ0n) is 16.5. The van der Waals surface area contributed by atoms with Crippen molar-refractivity contribution in [3.8, 4) is 0 Å². The van der Waals surface area contributed by atoms with Crippen LogP contribution in [0.3, 0.4) is 0 Å². The third-order valence-electron chi connectivity index (χ3n) is 4.47. The number of fused-ring (bicyclic) bond motifs is 1. The van der Waals surface area contributed by atoms with Crippen molar-refractivity contribution in [1.29, 1.82) is 0 Å². The van der Waals surface area contributed by atoms with E-state index in [-0.39, 0.29) is 16.7 Å². The van der Waals surface area contributed by atoms with Gasteiger partial charge in [-0.2, -0.15) is 0 Å². The lowest BCUT2D eigenvalue weighted by Crippen LogP contribution is -2.30. The molecule has 150 valence electrons. The van der Waals surface area contributed by atoms with E-state index in [2.05, 4.69) is 5.32 Å². The molecule has 0 unspecified atom stereocenters. The lowest BCUT2D eigenvalue weighted by atomic mass is 10.0. The van der Waals surface area contributed by atoms with Crippen LogP contribution in [0.4, 0.5) is 5.69 Å². The van der Waals surface area contributed by atoms with Gasteiger partial charge in [0, 0.05) is 16.8 Å². The molecule has 1 atom stereocenters. The van der Waals surface area contributed by atoms with E-state index in [4.69, 9.17) is 20.8 Å². The number of nitrogens with one attached hydrogen (secondary N) is 1. The van der Waals surface area contributed by atoms with E-state index in [1.54, 1.807) is 6.07 Å². The van der Waals surface area contributed by atoms with Crippen LogP contribution >= 0.6 is 11.6 Å². The minimum absolute atomic E-state index is 0.205. The van der Waals surface area contributed by atoms with E-state index in [1.807, 2.05) is 32.9 Å². The number of anilines is 1. The molecule has 0 saturated heterocycles. The van der Waals surface area contributed by atoms with Crippen molar-refractivity contribution in [3.63, 3.8) is 0 Å². The molecule has 0 saturated carbocycles. The summed E-state index contributed by atoms with van der Waals surface area (Å²) in [6.45, 7) is 7.21. The van der Waals surface area contributed by atoms with E-state index in [9.17, 15) is 14.4 Å². The Balaban J connectivity index is 1.77. The molecule has 1 N–H and O–H groups in total. The SMILES string of the molecule is Cc1cc(C)c(NC(=O)[C@@H](C)OC(=O)c2cc(=O)c3cc(Cl)ccc3o2)c(C)c1. The third-order valence-corrected chi connectivity index (χ3v) is 4.70. The van der Waals surface area contributed by atoms with Crippen molar-refractivity contribution in [2.75, 3.05) is 5.32 Å². The van der Waals surface area contributed by atoms with Gasteiger partial charge in [0.25, 0.3) is 5.91 Å². The standard InChI is InChI=1S/C22H20ClNO5/c1-11-7-12(2)20(13(3)8-11)24-21(26)14(4)28-22(27)19-10-17(25)16-9-15(23)5-6-18(16)29-19/h5-10,14H,1-4H3,(H,24,26)/t14-/m1/s1. The lowest BCUT2D eigenvalue weighted by molar-refractivity contribution is -0.123. The number of benzene rings is 2. The van der Waals surface area contributed by atoms with Gasteiger partial charge in [0.2, 0.25) is 5.76 Å². The summed E-state index contributed by atoms with van der Waals surface area (Å²) in [5.41, 5.74) is 3.37. The molecule has 0 aliphatic heterocycles. The first-order valence-electron chi connectivity index (χ1n) is 8.99. The fraction of sp³-hybridized carbons (Fsp3) is 0.227. The molecule has 7 heteroatoms. The summed E-state index contributed by atoms with van der Waals surface area (Å²) >= 11 is 5.88. The average Bonchev–Trinajstić information content (AvgIpc) is 2.64. The van der Waals surface area contributed by atoms with E-state index in [1.165, 1.54) is 19.1 Å². The van der Waals surface area contributed by atoms with Crippen LogP contribution in [0.15, 0.2) is 45.6 Å². The number of aryl methyl sites for hydroxylation is 3. The van der Waals surface area contributed by atoms with Gasteiger partial charge in [-0.15, -0.1) is 0 Å². The summed E-state index contributed by atoms with van der Waals surface area (Å²) in [5, 5.41) is 3.42. The highest BCUT2D eigenvalue weighted by molar-refractivity contribution is 6.31. The van der Waals surface area contributed by atoms with Crippen LogP contribution < -0.4 is 10.7 Å². The monoisotopic (exact) mass is 413 g/mol. The summed E-state index contributed by atoms with van der Waals surface area (Å²) in [6, 6.07) is 9.43. The highest BCUT2D eigenvalue weighted by Crippen LogP contribution is 2.22. The van der Waals surface area contributed by atoms with Crippen molar-refractivity contribution in [1.82, 2.24) is 0 Å². The smallest absolute Gasteiger partial charge is 0.375 e. The first kappa shape index (κ1) is 20.6. The highest BCUT2D eigenvalue weighted by Gasteiger charge is 2.22. The molecule has 29 heavy (non-hydrogen) atoms. The normalized spacial score (nSPS) is 11.9. The maximum Gasteiger partial charge on any atom is 0.375 e. The Kier molecular flexibility index (Phi) is 5.75. The number of hydrogen-bond donors (Lipinski definition) is 1. The van der Waals surface area contributed by atoms with Crippen molar-refractivity contribution in [3.05, 3.63) is 74.1 Å². The van der Waals surface area contributed by atoms with Gasteiger partial charge in [-0.1, -0.05) is 29.3 Å². The molecular weight excluding hydrogens is 394 g/mol. The van der Waals surface area contributed by atoms with Crippen LogP contribution in [-0.4, -0.2) is 18.0 Å². The van der Waals surface area contributed by atoms with Gasteiger partial charge < -0.3 is 14.5 Å². The third kappa shape index (κ3) is 4.49. The molecular formula is C22H20ClNO5. The summed E-state index contributed by atoms with van der Waals surface area (Å²) in [5.74, 6) is -1.67. The molecule has 0 fully saturated rings. The molecule has 3 rings (SSSR count). The topological polar surface area (TPSA) is 85.6 Å². The quantitative estimate of drug-likeness (QED) is 0.634. The maximum atomic E-state index is 12.5. The van der Waals surface area contributed by atoms with E-state index in [0.29, 0.717) is 10.7 Å². The number of rotatable bonds is 4. The summed E-state index contributed by atoms with van der Waals surface area (Å²) in [7, 11) is 0. The number of carbonyl (C=O) groups excluding carboxylic acids is 2. The second-order valence-electron chi connectivity index (χ2n) is 6.93. The highest BCUT2D eigenvalue weighted by atomic mass is 35.5. The Morgan fingerprint density at radius 3 is 2.38 bits per heavy atom. The van der Waals surface area contributed by atoms with Gasteiger partial charge in [-0.25, -0.2) is 4.79 Å². The zero-order chi connectivity index (χ0) is 21.3. The Labute approximate surface area is 172 Å². The molecule has 0 bridgehead atoms. The first-order chi connectivity index (χ1) is 13.7. The van der Waals surface area contributed by atoms with Crippen LogP contribution in [0.25, 0.3) is 11.0 Å². The molecule has 3 aromatic rings. The van der Waals surface area contributed by atoms with Crippen molar-refractivity contribution in [2.45, 2.75) is 33.8 Å². The average molecular weight is 414 g/mol. The van der Waals surface area contributed by atoms with Crippen LogP contribution in [0.5, 0.6) is 0 Å². The Morgan fingerprint density at radius 1 is 1.07 bits per heavy atom. The van der Waals surface area contributed by atoms with E-state index < -0.39 is 23.4 Å². The Hall–Kier alpha value is -3.12. The van der Waals surface area contributed by atoms with Gasteiger partial charge in [0.15, 0.2) is 11.5 Å². The maximum absolute atomic E-state index is 12.5. The number of esters is 1. The van der Waals surface area contributed by atoms with Gasteiger partial charge in [-0.3, -0.25) is 9.59 Å². The number of hydrogen-bond acceptors (Lipinski definition) is 5. The van der Waals surface area contributed by atoms with Crippen molar-refractivity contribution >= 4 is 40.1 Å². The van der Waals surface area contributed by atoms with Gasteiger partial charge in [0.1, 0.15) is 5.58 Å². The molecule has 0 spiro atoms. The summed E-state index contributed by atoms with van der Waals surface area (Å²) in [4.78, 5) is 37.1. The van der Waals surface area contributed by atoms with Gasteiger partial charge in [0.05, 0.1) is 5.39 Å². The van der Waals surface area contributed by atoms with Crippen molar-refractivity contribution in [2.24, 2.45) is 0 Å². The number of carbonyl (C=O) groups is 2. The summed E-state index contributed by atoms with van der Waals surface area (Å²) in [6.07, 6.45) is -1.09. The largest absolute Gasteiger partial charge is 0.449 e. The fourth-order valence-corrected chi connectivity index (χ4v) is 3.28. The Morgan fingerprint density at radius 2 is 1.72 bits per heavy atom. The lowest BCUT2D eigenvalue weighted by Gasteiger charge is -2.16.